The van der Waals surface area contributed by atoms with E-state index in [0.717, 1.165) is 18.4 Å². The maximum Gasteiger partial charge on any atom is 0.295 e. The van der Waals surface area contributed by atoms with Gasteiger partial charge in [-0.3, -0.25) is 9.59 Å². The molecule has 0 atom stereocenters. The summed E-state index contributed by atoms with van der Waals surface area (Å²) in [6.45, 7) is 0. The predicted molar refractivity (Wildman–Crippen MR) is 101 cm³/mol. The van der Waals surface area contributed by atoms with E-state index in [1.165, 1.54) is 0 Å². The third-order valence-corrected chi connectivity index (χ3v) is 4.64. The molecule has 1 saturated carbocycles. The summed E-state index contributed by atoms with van der Waals surface area (Å²) in [6, 6.07) is 13.9. The van der Waals surface area contributed by atoms with E-state index in [1.54, 1.807) is 35.9 Å². The highest BCUT2D eigenvalue weighted by atomic mass is 16.3. The van der Waals surface area contributed by atoms with Crippen molar-refractivity contribution in [2.24, 2.45) is 23.2 Å². The lowest BCUT2D eigenvalue weighted by molar-refractivity contribution is -0.117. The van der Waals surface area contributed by atoms with Gasteiger partial charge in [0.1, 0.15) is 0 Å². The van der Waals surface area contributed by atoms with Crippen molar-refractivity contribution in [1.82, 2.24) is 4.57 Å². The molecule has 27 heavy (non-hydrogen) atoms. The highest BCUT2D eigenvalue weighted by Crippen LogP contribution is 2.37. The van der Waals surface area contributed by atoms with Crippen LogP contribution in [-0.2, 0) is 11.8 Å². The molecule has 7 heteroatoms. The molecule has 0 spiro atoms. The first kappa shape index (κ1) is 17.0. The molecule has 0 radical (unpaired) electrons. The Morgan fingerprint density at radius 3 is 2.52 bits per heavy atom. The number of aromatic hydroxyl groups is 1. The largest absolute Gasteiger partial charge is 0.493 e. The monoisotopic (exact) mass is 362 g/mol. The predicted octanol–water partition coefficient (Wildman–Crippen LogP) is 4.16. The third kappa shape index (κ3) is 3.31. The van der Waals surface area contributed by atoms with Gasteiger partial charge in [-0.05, 0) is 43.2 Å². The number of para-hydroxylation sites is 1. The molecular weight excluding hydrogens is 344 g/mol. The lowest BCUT2D eigenvalue weighted by atomic mass is 10.2. The Hall–Kier alpha value is -3.48. The zero-order valence-corrected chi connectivity index (χ0v) is 14.7. The molecule has 2 aromatic carbocycles. The van der Waals surface area contributed by atoms with Crippen LogP contribution < -0.4 is 5.32 Å². The molecule has 1 heterocycles. The van der Waals surface area contributed by atoms with E-state index in [-0.39, 0.29) is 23.4 Å². The van der Waals surface area contributed by atoms with Crippen LogP contribution in [0.4, 0.5) is 11.4 Å². The van der Waals surface area contributed by atoms with E-state index >= 15 is 0 Å². The number of fused-ring (bicyclic) bond motifs is 1. The molecule has 136 valence electrons. The molecule has 2 amide bonds. The van der Waals surface area contributed by atoms with E-state index in [9.17, 15) is 14.7 Å². The standard InChI is InChI=1S/C20H18N4O3/c1-24-16-5-3-2-4-15(16)17(20(24)27)22-23-19(26)13-8-10-14(11-9-13)21-18(25)12-6-7-12/h2-5,8-12,27H,6-7H2,1H3,(H,21,25). The number of nitrogens with zero attached hydrogens (tertiary/aromatic N) is 3. The molecular formula is C20H18N4O3. The van der Waals surface area contributed by atoms with Gasteiger partial charge in [0.2, 0.25) is 11.8 Å². The summed E-state index contributed by atoms with van der Waals surface area (Å²) in [6.07, 6.45) is 1.87. The minimum absolute atomic E-state index is 0.0141. The summed E-state index contributed by atoms with van der Waals surface area (Å²) in [4.78, 5) is 24.0. The SMILES string of the molecule is Cn1c(O)c(N=NC(=O)c2ccc(NC(=O)C3CC3)cc2)c2ccccc21. The summed E-state index contributed by atoms with van der Waals surface area (Å²) < 4.78 is 1.59. The Morgan fingerprint density at radius 2 is 1.81 bits per heavy atom. The van der Waals surface area contributed by atoms with Gasteiger partial charge in [-0.25, -0.2) is 0 Å². The van der Waals surface area contributed by atoms with Crippen LogP contribution >= 0.6 is 0 Å². The average molecular weight is 362 g/mol. The molecule has 0 aliphatic heterocycles. The van der Waals surface area contributed by atoms with Gasteiger partial charge in [0, 0.05) is 29.6 Å². The molecule has 3 aromatic rings. The van der Waals surface area contributed by atoms with Gasteiger partial charge in [-0.15, -0.1) is 10.2 Å². The minimum atomic E-state index is -0.526. The summed E-state index contributed by atoms with van der Waals surface area (Å²) >= 11 is 0. The van der Waals surface area contributed by atoms with Gasteiger partial charge in [0.25, 0.3) is 5.91 Å². The zero-order chi connectivity index (χ0) is 19.0. The molecule has 7 nitrogen and oxygen atoms in total. The summed E-state index contributed by atoms with van der Waals surface area (Å²) in [7, 11) is 1.72. The highest BCUT2D eigenvalue weighted by molar-refractivity contribution is 5.98. The number of hydrogen-bond donors (Lipinski definition) is 2. The lowest BCUT2D eigenvalue weighted by Gasteiger charge is -2.04. The Morgan fingerprint density at radius 1 is 1.11 bits per heavy atom. The molecule has 2 N–H and O–H groups in total. The lowest BCUT2D eigenvalue weighted by Crippen LogP contribution is -2.13. The fraction of sp³-hybridized carbons (Fsp3) is 0.200. The fourth-order valence-electron chi connectivity index (χ4n) is 2.90. The molecule has 1 aliphatic carbocycles. The van der Waals surface area contributed by atoms with Crippen molar-refractivity contribution in [3.8, 4) is 5.88 Å². The van der Waals surface area contributed by atoms with Crippen LogP contribution in [0.5, 0.6) is 5.88 Å². The second-order valence-electron chi connectivity index (χ2n) is 6.59. The number of azo groups is 1. The quantitative estimate of drug-likeness (QED) is 0.682. The number of benzene rings is 2. The van der Waals surface area contributed by atoms with Gasteiger partial charge in [-0.2, -0.15) is 0 Å². The van der Waals surface area contributed by atoms with Crippen molar-refractivity contribution in [1.29, 1.82) is 0 Å². The molecule has 1 aliphatic rings. The molecule has 1 aromatic heterocycles. The Kier molecular flexibility index (Phi) is 4.19. The van der Waals surface area contributed by atoms with Crippen molar-refractivity contribution in [3.05, 3.63) is 54.1 Å². The Labute approximate surface area is 155 Å². The number of hydrogen-bond acceptors (Lipinski definition) is 4. The van der Waals surface area contributed by atoms with Crippen molar-refractivity contribution in [2.45, 2.75) is 12.8 Å². The number of anilines is 1. The average Bonchev–Trinajstić information content (AvgIpc) is 3.50. The number of nitrogens with one attached hydrogen (secondary N) is 1. The van der Waals surface area contributed by atoms with Gasteiger partial charge in [0.05, 0.1) is 5.52 Å². The summed E-state index contributed by atoms with van der Waals surface area (Å²) in [5, 5.41) is 21.5. The van der Waals surface area contributed by atoms with Gasteiger partial charge >= 0.3 is 0 Å². The topological polar surface area (TPSA) is 96.0 Å². The number of aromatic nitrogens is 1. The van der Waals surface area contributed by atoms with Crippen molar-refractivity contribution < 1.29 is 14.7 Å². The van der Waals surface area contributed by atoms with Gasteiger partial charge in [-0.1, -0.05) is 18.2 Å². The first-order chi connectivity index (χ1) is 13.0. The van der Waals surface area contributed by atoms with Crippen LogP contribution in [-0.4, -0.2) is 21.5 Å². The Bertz CT molecular complexity index is 1060. The minimum Gasteiger partial charge on any atom is -0.493 e. The first-order valence-electron chi connectivity index (χ1n) is 8.68. The molecule has 0 bridgehead atoms. The van der Waals surface area contributed by atoms with E-state index in [4.69, 9.17) is 0 Å². The zero-order valence-electron chi connectivity index (χ0n) is 14.7. The second kappa shape index (κ2) is 6.68. The molecule has 4 rings (SSSR count). The van der Waals surface area contributed by atoms with Crippen molar-refractivity contribution in [3.63, 3.8) is 0 Å². The Balaban J connectivity index is 1.52. The number of rotatable bonds is 4. The number of carbonyl (C=O) groups is 2. The van der Waals surface area contributed by atoms with Crippen LogP contribution in [0.15, 0.2) is 58.8 Å². The smallest absolute Gasteiger partial charge is 0.295 e. The van der Waals surface area contributed by atoms with Crippen LogP contribution in [0.25, 0.3) is 10.9 Å². The maximum atomic E-state index is 12.3. The van der Waals surface area contributed by atoms with Crippen molar-refractivity contribution in [2.75, 3.05) is 5.32 Å². The number of amides is 2. The fourth-order valence-corrected chi connectivity index (χ4v) is 2.90. The normalized spacial score (nSPS) is 14.0. The van der Waals surface area contributed by atoms with Crippen LogP contribution in [0.2, 0.25) is 0 Å². The second-order valence-corrected chi connectivity index (χ2v) is 6.59. The molecule has 0 saturated heterocycles. The van der Waals surface area contributed by atoms with E-state index in [0.29, 0.717) is 16.6 Å². The van der Waals surface area contributed by atoms with Gasteiger partial charge < -0.3 is 15.0 Å². The van der Waals surface area contributed by atoms with Gasteiger partial charge in [0.15, 0.2) is 5.69 Å². The molecule has 0 unspecified atom stereocenters. The van der Waals surface area contributed by atoms with Crippen LogP contribution in [0.3, 0.4) is 0 Å². The van der Waals surface area contributed by atoms with E-state index in [1.807, 2.05) is 24.3 Å². The molecule has 1 fully saturated rings. The van der Waals surface area contributed by atoms with E-state index < -0.39 is 5.91 Å². The summed E-state index contributed by atoms with van der Waals surface area (Å²) in [5.41, 5.74) is 2.05. The van der Waals surface area contributed by atoms with Crippen LogP contribution in [0, 0.1) is 5.92 Å². The highest BCUT2D eigenvalue weighted by Gasteiger charge is 2.29. The first-order valence-corrected chi connectivity index (χ1v) is 8.68. The van der Waals surface area contributed by atoms with E-state index in [2.05, 4.69) is 15.5 Å². The number of aryl methyl sites for hydroxylation is 1. The van der Waals surface area contributed by atoms with Crippen molar-refractivity contribution >= 4 is 34.1 Å². The maximum absolute atomic E-state index is 12.3. The number of carbonyl (C=O) groups excluding carboxylic acids is 2. The third-order valence-electron chi connectivity index (χ3n) is 4.64. The van der Waals surface area contributed by atoms with Crippen LogP contribution in [0.1, 0.15) is 23.2 Å². The summed E-state index contributed by atoms with van der Waals surface area (Å²) in [5.74, 6) is -0.443.